The van der Waals surface area contributed by atoms with E-state index in [9.17, 15) is 4.79 Å². The van der Waals surface area contributed by atoms with Gasteiger partial charge in [-0.05, 0) is 5.56 Å². The Morgan fingerprint density at radius 2 is 2.07 bits per heavy atom. The number of amidine groups is 1. The molecule has 15 heavy (non-hydrogen) atoms. The molecule has 0 bridgehead atoms. The number of nitrogens with two attached hydrogens (primary N) is 1. The minimum Gasteiger partial charge on any atom is -0.378 e. The zero-order valence-corrected chi connectivity index (χ0v) is 8.53. The van der Waals surface area contributed by atoms with Gasteiger partial charge in [-0.2, -0.15) is 5.10 Å². The summed E-state index contributed by atoms with van der Waals surface area (Å²) in [5.41, 5.74) is 8.83. The normalized spacial score (nSPS) is 10.9. The van der Waals surface area contributed by atoms with Gasteiger partial charge in [0.1, 0.15) is 0 Å². The Morgan fingerprint density at radius 1 is 1.40 bits per heavy atom. The molecular formula is C10H14N4O. The van der Waals surface area contributed by atoms with Gasteiger partial charge in [0, 0.05) is 13.6 Å². The molecule has 0 spiro atoms. The molecule has 0 saturated heterocycles. The van der Waals surface area contributed by atoms with Crippen LogP contribution in [-0.4, -0.2) is 18.8 Å². The van der Waals surface area contributed by atoms with Gasteiger partial charge in [0.05, 0.1) is 0 Å². The van der Waals surface area contributed by atoms with Gasteiger partial charge in [-0.15, -0.1) is 0 Å². The van der Waals surface area contributed by atoms with Crippen molar-refractivity contribution in [2.45, 2.75) is 6.54 Å². The molecule has 0 fully saturated rings. The lowest BCUT2D eigenvalue weighted by molar-refractivity contribution is -0.115. The SMILES string of the molecule is CN/N=C(/N)C(=O)NCc1ccccc1. The highest BCUT2D eigenvalue weighted by atomic mass is 16.2. The highest BCUT2D eigenvalue weighted by molar-refractivity contribution is 6.37. The standard InChI is InChI=1S/C10H14N4O/c1-12-14-9(11)10(15)13-7-8-5-3-2-4-6-8/h2-6,12H,7H2,1H3,(H2,11,14)(H,13,15). The predicted molar refractivity (Wildman–Crippen MR) is 59.0 cm³/mol. The summed E-state index contributed by atoms with van der Waals surface area (Å²) < 4.78 is 0. The van der Waals surface area contributed by atoms with Crippen LogP contribution in [0.5, 0.6) is 0 Å². The smallest absolute Gasteiger partial charge is 0.288 e. The fourth-order valence-corrected chi connectivity index (χ4v) is 1.04. The second-order valence-electron chi connectivity index (χ2n) is 2.89. The Bertz CT molecular complexity index is 348. The summed E-state index contributed by atoms with van der Waals surface area (Å²) in [5.74, 6) is -0.457. The first-order valence-electron chi connectivity index (χ1n) is 4.56. The molecule has 0 saturated carbocycles. The lowest BCUT2D eigenvalue weighted by Crippen LogP contribution is -2.36. The van der Waals surface area contributed by atoms with Gasteiger partial charge in [-0.3, -0.25) is 4.79 Å². The molecule has 0 aliphatic rings. The van der Waals surface area contributed by atoms with Crippen molar-refractivity contribution in [1.82, 2.24) is 10.7 Å². The van der Waals surface area contributed by atoms with Crippen LogP contribution < -0.4 is 16.5 Å². The molecule has 0 aromatic heterocycles. The number of hydrogen-bond acceptors (Lipinski definition) is 3. The van der Waals surface area contributed by atoms with Crippen LogP contribution >= 0.6 is 0 Å². The van der Waals surface area contributed by atoms with E-state index in [-0.39, 0.29) is 11.7 Å². The van der Waals surface area contributed by atoms with E-state index in [4.69, 9.17) is 5.73 Å². The van der Waals surface area contributed by atoms with Gasteiger partial charge in [-0.1, -0.05) is 30.3 Å². The van der Waals surface area contributed by atoms with Crippen molar-refractivity contribution in [2.24, 2.45) is 10.8 Å². The maximum atomic E-state index is 11.3. The predicted octanol–water partition coefficient (Wildman–Crippen LogP) is -0.206. The molecule has 0 unspecified atom stereocenters. The van der Waals surface area contributed by atoms with E-state index in [1.807, 2.05) is 30.3 Å². The van der Waals surface area contributed by atoms with Crippen molar-refractivity contribution in [2.75, 3.05) is 7.05 Å². The molecule has 0 heterocycles. The van der Waals surface area contributed by atoms with E-state index < -0.39 is 0 Å². The van der Waals surface area contributed by atoms with Crippen molar-refractivity contribution < 1.29 is 4.79 Å². The molecule has 0 atom stereocenters. The lowest BCUT2D eigenvalue weighted by Gasteiger charge is -2.04. The van der Waals surface area contributed by atoms with Crippen molar-refractivity contribution in [1.29, 1.82) is 0 Å². The van der Waals surface area contributed by atoms with Gasteiger partial charge in [0.15, 0.2) is 0 Å². The summed E-state index contributed by atoms with van der Waals surface area (Å²) in [4.78, 5) is 11.3. The highest BCUT2D eigenvalue weighted by Crippen LogP contribution is 1.96. The first-order chi connectivity index (χ1) is 7.24. The molecular weight excluding hydrogens is 192 g/mol. The number of benzene rings is 1. The maximum Gasteiger partial charge on any atom is 0.288 e. The number of carbonyl (C=O) groups excluding carboxylic acids is 1. The minimum absolute atomic E-state index is 0.0755. The van der Waals surface area contributed by atoms with E-state index in [2.05, 4.69) is 15.8 Å². The molecule has 4 N–H and O–H groups in total. The summed E-state index contributed by atoms with van der Waals surface area (Å²) in [5, 5.41) is 6.22. The van der Waals surface area contributed by atoms with Crippen LogP contribution in [0, 0.1) is 0 Å². The fraction of sp³-hybridized carbons (Fsp3) is 0.200. The Balaban J connectivity index is 2.45. The highest BCUT2D eigenvalue weighted by Gasteiger charge is 2.05. The number of nitrogens with one attached hydrogen (secondary N) is 2. The van der Waals surface area contributed by atoms with Crippen molar-refractivity contribution in [3.8, 4) is 0 Å². The number of hydrogen-bond donors (Lipinski definition) is 3. The van der Waals surface area contributed by atoms with Gasteiger partial charge in [0.25, 0.3) is 5.91 Å². The van der Waals surface area contributed by atoms with Crippen LogP contribution in [-0.2, 0) is 11.3 Å². The summed E-state index contributed by atoms with van der Waals surface area (Å²) in [6.45, 7) is 0.444. The molecule has 0 aliphatic carbocycles. The second-order valence-corrected chi connectivity index (χ2v) is 2.89. The average Bonchev–Trinajstić information content (AvgIpc) is 2.27. The molecule has 1 aromatic carbocycles. The van der Waals surface area contributed by atoms with Crippen LogP contribution in [0.2, 0.25) is 0 Å². The lowest BCUT2D eigenvalue weighted by atomic mass is 10.2. The number of rotatable bonds is 3. The molecule has 5 heteroatoms. The summed E-state index contributed by atoms with van der Waals surface area (Å²) in [6, 6.07) is 9.58. The summed E-state index contributed by atoms with van der Waals surface area (Å²) in [6.07, 6.45) is 0. The van der Waals surface area contributed by atoms with E-state index in [1.54, 1.807) is 7.05 Å². The van der Waals surface area contributed by atoms with Crippen LogP contribution in [0.15, 0.2) is 35.4 Å². The Labute approximate surface area is 88.4 Å². The Kier molecular flexibility index (Phi) is 4.15. The first kappa shape index (κ1) is 11.0. The van der Waals surface area contributed by atoms with E-state index in [1.165, 1.54) is 0 Å². The van der Waals surface area contributed by atoms with Crippen molar-refractivity contribution in [3.05, 3.63) is 35.9 Å². The van der Waals surface area contributed by atoms with Gasteiger partial charge in [-0.25, -0.2) is 0 Å². The molecule has 80 valence electrons. The third-order valence-electron chi connectivity index (χ3n) is 1.76. The van der Waals surface area contributed by atoms with E-state index in [0.29, 0.717) is 6.54 Å². The molecule has 5 nitrogen and oxygen atoms in total. The number of nitrogens with zero attached hydrogens (tertiary/aromatic N) is 1. The van der Waals surface area contributed by atoms with Crippen LogP contribution in [0.3, 0.4) is 0 Å². The zero-order chi connectivity index (χ0) is 11.1. The minimum atomic E-state index is -0.381. The molecule has 0 radical (unpaired) electrons. The third kappa shape index (κ3) is 3.68. The van der Waals surface area contributed by atoms with Gasteiger partial charge < -0.3 is 16.5 Å². The Morgan fingerprint density at radius 3 is 2.67 bits per heavy atom. The van der Waals surface area contributed by atoms with Crippen LogP contribution in [0.25, 0.3) is 0 Å². The van der Waals surface area contributed by atoms with Crippen LogP contribution in [0.1, 0.15) is 5.56 Å². The zero-order valence-electron chi connectivity index (χ0n) is 8.53. The van der Waals surface area contributed by atoms with Crippen molar-refractivity contribution in [3.63, 3.8) is 0 Å². The second kappa shape index (κ2) is 5.64. The fourth-order valence-electron chi connectivity index (χ4n) is 1.04. The maximum absolute atomic E-state index is 11.3. The number of amides is 1. The monoisotopic (exact) mass is 206 g/mol. The van der Waals surface area contributed by atoms with Gasteiger partial charge >= 0.3 is 0 Å². The third-order valence-corrected chi connectivity index (χ3v) is 1.76. The van der Waals surface area contributed by atoms with Crippen LogP contribution in [0.4, 0.5) is 0 Å². The summed E-state index contributed by atoms with van der Waals surface area (Å²) in [7, 11) is 1.58. The number of hydrazone groups is 1. The van der Waals surface area contributed by atoms with E-state index >= 15 is 0 Å². The van der Waals surface area contributed by atoms with Gasteiger partial charge in [0.2, 0.25) is 5.84 Å². The van der Waals surface area contributed by atoms with Crippen molar-refractivity contribution >= 4 is 11.7 Å². The Hall–Kier alpha value is -2.04. The largest absolute Gasteiger partial charge is 0.378 e. The molecule has 0 aliphatic heterocycles. The average molecular weight is 206 g/mol. The topological polar surface area (TPSA) is 79.5 Å². The summed E-state index contributed by atoms with van der Waals surface area (Å²) >= 11 is 0. The molecule has 1 aromatic rings. The van der Waals surface area contributed by atoms with E-state index in [0.717, 1.165) is 5.56 Å². The number of carbonyl (C=O) groups is 1. The molecule has 1 rings (SSSR count). The first-order valence-corrected chi connectivity index (χ1v) is 4.56. The quantitative estimate of drug-likeness (QED) is 0.364. The molecule has 1 amide bonds.